The van der Waals surface area contributed by atoms with Gasteiger partial charge in [-0.3, -0.25) is 38.7 Å². The number of aromatic nitrogens is 2. The molecule has 8 rings (SSSR count). The second-order valence-electron chi connectivity index (χ2n) is 17.2. The predicted molar refractivity (Wildman–Crippen MR) is 237 cm³/mol. The Kier molecular flexibility index (Phi) is 13.4. The number of anilines is 1. The summed E-state index contributed by atoms with van der Waals surface area (Å²) < 4.78 is 99.2. The van der Waals surface area contributed by atoms with Crippen molar-refractivity contribution in [2.45, 2.75) is 75.3 Å². The van der Waals surface area contributed by atoms with E-state index in [1.165, 1.54) is 42.2 Å². The maximum Gasteiger partial charge on any atom is 0.488 e. The van der Waals surface area contributed by atoms with Crippen LogP contribution < -0.4 is 24.5 Å². The molecule has 4 saturated heterocycles. The molecule has 3 amide bonds. The van der Waals surface area contributed by atoms with Gasteiger partial charge in [0.05, 0.1) is 53.6 Å². The van der Waals surface area contributed by atoms with Gasteiger partial charge in [0.1, 0.15) is 23.1 Å². The van der Waals surface area contributed by atoms with Gasteiger partial charge in [-0.25, -0.2) is 9.37 Å². The van der Waals surface area contributed by atoms with E-state index in [1.807, 2.05) is 11.0 Å². The number of hydrogen-bond acceptors (Lipinski definition) is 14. The van der Waals surface area contributed by atoms with Crippen molar-refractivity contribution in [1.82, 2.24) is 29.0 Å². The van der Waals surface area contributed by atoms with Crippen molar-refractivity contribution in [3.63, 3.8) is 0 Å². The molecule has 23 heteroatoms. The van der Waals surface area contributed by atoms with Crippen molar-refractivity contribution in [1.29, 1.82) is 5.26 Å². The minimum atomic E-state index is -5.38. The highest BCUT2D eigenvalue weighted by atomic mass is 32.3. The van der Waals surface area contributed by atoms with Gasteiger partial charge in [0.2, 0.25) is 17.7 Å². The minimum Gasteiger partial charge on any atom is -0.453 e. The van der Waals surface area contributed by atoms with Gasteiger partial charge >= 0.3 is 20.7 Å². The molecule has 4 aliphatic heterocycles. The zero-order valence-corrected chi connectivity index (χ0v) is 38.2. The number of imide groups is 1. The van der Waals surface area contributed by atoms with E-state index in [0.29, 0.717) is 74.9 Å². The first-order valence-electron chi connectivity index (χ1n) is 21.8. The fourth-order valence-electron chi connectivity index (χ4n) is 9.30. The fourth-order valence-corrected chi connectivity index (χ4v) is 10.6. The standard InChI is InChI=1S/C44H48F2N8O11S2/c1-3-51(2)67(61,62)50-37-10-8-35(45)41(34(37)23-47)64-30-5-9-36-33(21-30)43(58)54(26-48-36)29-22-44(63-25-29)14-18-53(19-15-44)40(56)24-52-16-12-27(13-17-52)31-6-4-28(20-38(31)65-66(46,59)60)32-7-11-39(55)49-42(32)57/h4-6,8-10,20-21,26-27,29,32,50H,3,7,11-19,22,24-25H2,1-2H3,(H,49,55,57)/t29-,32?/m0/s1. The molecule has 0 radical (unpaired) electrons. The topological polar surface area (TPSA) is 240 Å². The fraction of sp³-hybridized carbons (Fsp3) is 0.455. The van der Waals surface area contributed by atoms with Crippen LogP contribution in [-0.4, -0.2) is 117 Å². The van der Waals surface area contributed by atoms with Gasteiger partial charge in [0.15, 0.2) is 11.6 Å². The van der Waals surface area contributed by atoms with Crippen molar-refractivity contribution in [2.75, 3.05) is 57.6 Å². The normalized spacial score (nSPS) is 20.5. The molecule has 2 atom stereocenters. The second-order valence-corrected chi connectivity index (χ2v) is 20.0. The number of fused-ring (bicyclic) bond motifs is 1. The van der Waals surface area contributed by atoms with Crippen LogP contribution in [0.4, 0.5) is 14.0 Å². The summed E-state index contributed by atoms with van der Waals surface area (Å²) in [6, 6.07) is 12.5. The molecule has 4 aliphatic rings. The van der Waals surface area contributed by atoms with Crippen molar-refractivity contribution in [3.05, 3.63) is 87.7 Å². The summed E-state index contributed by atoms with van der Waals surface area (Å²) in [5.74, 6) is -3.56. The first kappa shape index (κ1) is 47.4. The van der Waals surface area contributed by atoms with E-state index >= 15 is 4.39 Å². The number of nitriles is 1. The Morgan fingerprint density at radius 3 is 2.48 bits per heavy atom. The first-order chi connectivity index (χ1) is 31.9. The molecule has 0 saturated carbocycles. The number of carbonyl (C=O) groups excluding carboxylic acids is 3. The number of likely N-dealkylation sites (tertiary alicyclic amines) is 2. The number of nitrogens with zero attached hydrogens (tertiary/aromatic N) is 6. The average Bonchev–Trinajstić information content (AvgIpc) is 3.69. The number of piperidine rings is 3. The highest BCUT2D eigenvalue weighted by Crippen LogP contribution is 2.42. The van der Waals surface area contributed by atoms with Gasteiger partial charge in [-0.2, -0.15) is 26.4 Å². The maximum absolute atomic E-state index is 15.1. The third kappa shape index (κ3) is 10.3. The van der Waals surface area contributed by atoms with Crippen LogP contribution in [0.5, 0.6) is 17.2 Å². The Morgan fingerprint density at radius 1 is 1.04 bits per heavy atom. The lowest BCUT2D eigenvalue weighted by atomic mass is 9.85. The van der Waals surface area contributed by atoms with Crippen LogP contribution in [0.3, 0.4) is 0 Å². The van der Waals surface area contributed by atoms with Gasteiger partial charge < -0.3 is 18.6 Å². The third-order valence-electron chi connectivity index (χ3n) is 13.2. The SMILES string of the molecule is CCN(C)S(=O)(=O)Nc1ccc(F)c(Oc2ccc3ncn([C@@H]4COC5(CCN(C(=O)CN6CCC(c7ccc(C8CCC(=O)NC8=O)cc7OS(=O)(=O)F)CC6)CC5)C4)c(=O)c3c2)c1C#N. The van der Waals surface area contributed by atoms with Gasteiger partial charge in [0, 0.05) is 33.1 Å². The predicted octanol–water partition coefficient (Wildman–Crippen LogP) is 4.12. The molecule has 0 bridgehead atoms. The highest BCUT2D eigenvalue weighted by Gasteiger charge is 2.44. The Bertz CT molecular complexity index is 2950. The molecule has 4 aromatic rings. The zero-order valence-electron chi connectivity index (χ0n) is 36.6. The summed E-state index contributed by atoms with van der Waals surface area (Å²) >= 11 is 0. The summed E-state index contributed by atoms with van der Waals surface area (Å²) in [7, 11) is -8.09. The number of amides is 3. The highest BCUT2D eigenvalue weighted by molar-refractivity contribution is 7.90. The Labute approximate surface area is 385 Å². The van der Waals surface area contributed by atoms with E-state index in [4.69, 9.17) is 13.7 Å². The molecule has 4 fully saturated rings. The number of nitrogens with one attached hydrogen (secondary N) is 2. The average molecular weight is 967 g/mol. The zero-order chi connectivity index (χ0) is 47.8. The number of benzene rings is 3. The molecule has 19 nitrogen and oxygen atoms in total. The van der Waals surface area contributed by atoms with Crippen LogP contribution in [0, 0.1) is 17.1 Å². The van der Waals surface area contributed by atoms with E-state index in [1.54, 1.807) is 24.0 Å². The Hall–Kier alpha value is -6.06. The molecule has 3 aromatic carbocycles. The lowest BCUT2D eigenvalue weighted by Gasteiger charge is -2.40. The van der Waals surface area contributed by atoms with E-state index in [9.17, 15) is 45.2 Å². The van der Waals surface area contributed by atoms with E-state index in [2.05, 4.69) is 15.0 Å². The summed E-state index contributed by atoms with van der Waals surface area (Å²) in [6.45, 7) is 4.03. The van der Waals surface area contributed by atoms with Gasteiger partial charge in [-0.05, 0) is 105 Å². The Morgan fingerprint density at radius 2 is 1.79 bits per heavy atom. The maximum atomic E-state index is 15.1. The summed E-state index contributed by atoms with van der Waals surface area (Å²) in [5, 5.41) is 12.3. The minimum absolute atomic E-state index is 0.0130. The monoisotopic (exact) mass is 966 g/mol. The van der Waals surface area contributed by atoms with Crippen LogP contribution in [0.1, 0.15) is 86.4 Å². The number of rotatable bonds is 13. The molecule has 2 N–H and O–H groups in total. The number of halogens is 2. The van der Waals surface area contributed by atoms with Gasteiger partial charge in [0.25, 0.3) is 5.56 Å². The van der Waals surface area contributed by atoms with Crippen LogP contribution >= 0.6 is 0 Å². The van der Waals surface area contributed by atoms with Crippen LogP contribution in [0.25, 0.3) is 10.9 Å². The van der Waals surface area contributed by atoms with Crippen molar-refractivity contribution in [3.8, 4) is 23.3 Å². The van der Waals surface area contributed by atoms with Crippen molar-refractivity contribution >= 4 is 55.0 Å². The molecular formula is C44H48F2N8O11S2. The molecule has 1 aromatic heterocycles. The van der Waals surface area contributed by atoms with Crippen LogP contribution in [0.15, 0.2) is 59.7 Å². The molecule has 356 valence electrons. The molecule has 1 unspecified atom stereocenters. The van der Waals surface area contributed by atoms with Crippen LogP contribution in [0.2, 0.25) is 0 Å². The molecule has 5 heterocycles. The summed E-state index contributed by atoms with van der Waals surface area (Å²) in [6.07, 6.45) is 4.41. The Balaban J connectivity index is 0.871. The van der Waals surface area contributed by atoms with Crippen molar-refractivity contribution in [2.24, 2.45) is 0 Å². The van der Waals surface area contributed by atoms with Crippen molar-refractivity contribution < 1.29 is 53.2 Å². The third-order valence-corrected chi connectivity index (χ3v) is 15.1. The van der Waals surface area contributed by atoms with Gasteiger partial charge in [-0.1, -0.05) is 22.9 Å². The van der Waals surface area contributed by atoms with E-state index in [-0.39, 0.29) is 73.0 Å². The lowest BCUT2D eigenvalue weighted by molar-refractivity contribution is -0.137. The summed E-state index contributed by atoms with van der Waals surface area (Å²) in [4.78, 5) is 59.9. The lowest BCUT2D eigenvalue weighted by Crippen LogP contribution is -2.50. The molecule has 0 aliphatic carbocycles. The molecule has 67 heavy (non-hydrogen) atoms. The number of hydrogen-bond donors (Lipinski definition) is 2. The smallest absolute Gasteiger partial charge is 0.453 e. The van der Waals surface area contributed by atoms with Crippen LogP contribution in [-0.2, 0) is 39.8 Å². The molecular weight excluding hydrogens is 919 g/mol. The van der Waals surface area contributed by atoms with E-state index < -0.39 is 66.7 Å². The number of ether oxygens (including phenoxy) is 2. The number of carbonyl (C=O) groups is 3. The quantitative estimate of drug-likeness (QED) is 0.142. The van der Waals surface area contributed by atoms with E-state index in [0.717, 1.165) is 16.4 Å². The largest absolute Gasteiger partial charge is 0.488 e. The second kappa shape index (κ2) is 18.9. The summed E-state index contributed by atoms with van der Waals surface area (Å²) in [5.41, 5.74) is -0.345. The first-order valence-corrected chi connectivity index (χ1v) is 24.5. The molecule has 1 spiro atoms. The van der Waals surface area contributed by atoms with Gasteiger partial charge in [-0.15, -0.1) is 0 Å².